The number of thiocarbonyl (C=S) groups is 1. The van der Waals surface area contributed by atoms with Crippen molar-refractivity contribution in [2.24, 2.45) is 5.73 Å². The van der Waals surface area contributed by atoms with Crippen LogP contribution in [0, 0.1) is 6.92 Å². The number of nitrogens with zero attached hydrogens (tertiary/aromatic N) is 2. The molecule has 3 N–H and O–H groups in total. The van der Waals surface area contributed by atoms with Gasteiger partial charge in [-0.15, -0.1) is 0 Å². The van der Waals surface area contributed by atoms with Gasteiger partial charge in [0.2, 0.25) is 0 Å². The third kappa shape index (κ3) is 5.12. The molecule has 0 aromatic carbocycles. The smallest absolute Gasteiger partial charge is 0.136 e. The van der Waals surface area contributed by atoms with E-state index in [0.717, 1.165) is 49.7 Å². The van der Waals surface area contributed by atoms with E-state index in [2.05, 4.69) is 29.0 Å². The van der Waals surface area contributed by atoms with Crippen molar-refractivity contribution >= 4 is 23.0 Å². The summed E-state index contributed by atoms with van der Waals surface area (Å²) in [6.45, 7) is 10.5. The molecule has 0 atom stereocenters. The van der Waals surface area contributed by atoms with Crippen LogP contribution in [0.5, 0.6) is 0 Å². The van der Waals surface area contributed by atoms with Crippen molar-refractivity contribution in [1.29, 1.82) is 0 Å². The minimum absolute atomic E-state index is 0.388. The third-order valence-electron chi connectivity index (χ3n) is 3.14. The van der Waals surface area contributed by atoms with Gasteiger partial charge in [0.15, 0.2) is 0 Å². The Morgan fingerprint density at radius 3 is 2.63 bits per heavy atom. The van der Waals surface area contributed by atoms with Gasteiger partial charge in [-0.1, -0.05) is 26.1 Å². The zero-order valence-corrected chi connectivity index (χ0v) is 12.9. The fourth-order valence-electron chi connectivity index (χ4n) is 1.94. The number of pyridine rings is 1. The standard InChI is InChI=1S/C14H24N4S/c1-4-18(5-2)10-6-9-16-14-12(13(15)19)8-7-11(3)17-14/h7-8H,4-6,9-10H2,1-3H3,(H2,15,19)(H,16,17). The maximum absolute atomic E-state index is 5.70. The highest BCUT2D eigenvalue weighted by molar-refractivity contribution is 7.80. The van der Waals surface area contributed by atoms with Crippen molar-refractivity contribution in [3.8, 4) is 0 Å². The molecule has 0 fully saturated rings. The summed E-state index contributed by atoms with van der Waals surface area (Å²) < 4.78 is 0. The minimum Gasteiger partial charge on any atom is -0.389 e. The summed E-state index contributed by atoms with van der Waals surface area (Å²) in [4.78, 5) is 7.25. The summed E-state index contributed by atoms with van der Waals surface area (Å²) in [6.07, 6.45) is 1.08. The predicted octanol–water partition coefficient (Wildman–Crippen LogP) is 2.17. The molecule has 5 heteroatoms. The molecule has 0 saturated carbocycles. The Balaban J connectivity index is 2.53. The van der Waals surface area contributed by atoms with E-state index in [1.807, 2.05) is 19.1 Å². The first kappa shape index (κ1) is 15.9. The minimum atomic E-state index is 0.388. The summed E-state index contributed by atoms with van der Waals surface area (Å²) in [5, 5.41) is 3.33. The van der Waals surface area contributed by atoms with Gasteiger partial charge in [0.05, 0.1) is 5.56 Å². The number of anilines is 1. The number of hydrogen-bond donors (Lipinski definition) is 2. The lowest BCUT2D eigenvalue weighted by atomic mass is 10.2. The quantitative estimate of drug-likeness (QED) is 0.564. The van der Waals surface area contributed by atoms with E-state index >= 15 is 0 Å². The first-order valence-corrected chi connectivity index (χ1v) is 7.23. The molecule has 19 heavy (non-hydrogen) atoms. The van der Waals surface area contributed by atoms with Crippen LogP contribution in [0.2, 0.25) is 0 Å². The predicted molar refractivity (Wildman–Crippen MR) is 85.8 cm³/mol. The fraction of sp³-hybridized carbons (Fsp3) is 0.571. The first-order chi connectivity index (χ1) is 9.08. The van der Waals surface area contributed by atoms with E-state index in [-0.39, 0.29) is 0 Å². The number of hydrogen-bond acceptors (Lipinski definition) is 4. The molecule has 0 aliphatic heterocycles. The second-order valence-electron chi connectivity index (χ2n) is 4.52. The van der Waals surface area contributed by atoms with E-state index < -0.39 is 0 Å². The van der Waals surface area contributed by atoms with E-state index in [9.17, 15) is 0 Å². The third-order valence-corrected chi connectivity index (χ3v) is 3.36. The molecule has 0 bridgehead atoms. The molecular formula is C14H24N4S. The summed E-state index contributed by atoms with van der Waals surface area (Å²) in [5.74, 6) is 0.798. The van der Waals surface area contributed by atoms with E-state index in [1.54, 1.807) is 0 Å². The lowest BCUT2D eigenvalue weighted by Gasteiger charge is -2.18. The Morgan fingerprint density at radius 2 is 2.05 bits per heavy atom. The number of aryl methyl sites for hydroxylation is 1. The van der Waals surface area contributed by atoms with Gasteiger partial charge in [-0.2, -0.15) is 0 Å². The van der Waals surface area contributed by atoms with Crippen molar-refractivity contribution in [3.63, 3.8) is 0 Å². The Morgan fingerprint density at radius 1 is 1.37 bits per heavy atom. The monoisotopic (exact) mass is 280 g/mol. The van der Waals surface area contributed by atoms with E-state index in [0.29, 0.717) is 4.99 Å². The zero-order chi connectivity index (χ0) is 14.3. The molecule has 1 rings (SSSR count). The zero-order valence-electron chi connectivity index (χ0n) is 12.1. The van der Waals surface area contributed by atoms with Gasteiger partial charge >= 0.3 is 0 Å². The van der Waals surface area contributed by atoms with Crippen LogP contribution in [-0.2, 0) is 0 Å². The highest BCUT2D eigenvalue weighted by atomic mass is 32.1. The molecule has 0 spiro atoms. The average molecular weight is 280 g/mol. The van der Waals surface area contributed by atoms with Crippen molar-refractivity contribution < 1.29 is 0 Å². The van der Waals surface area contributed by atoms with Crippen molar-refractivity contribution in [2.45, 2.75) is 27.2 Å². The molecule has 106 valence electrons. The Hall–Kier alpha value is -1.20. The lowest BCUT2D eigenvalue weighted by Crippen LogP contribution is -2.25. The van der Waals surface area contributed by atoms with Gasteiger partial charge in [0, 0.05) is 12.2 Å². The SMILES string of the molecule is CCN(CC)CCCNc1nc(C)ccc1C(N)=S. The molecule has 0 saturated heterocycles. The normalized spacial score (nSPS) is 10.7. The molecule has 0 radical (unpaired) electrons. The van der Waals surface area contributed by atoms with Gasteiger partial charge < -0.3 is 16.0 Å². The fourth-order valence-corrected chi connectivity index (χ4v) is 2.10. The second-order valence-corrected chi connectivity index (χ2v) is 4.96. The second kappa shape index (κ2) is 8.07. The van der Waals surface area contributed by atoms with Crippen LogP contribution < -0.4 is 11.1 Å². The van der Waals surface area contributed by atoms with Crippen LogP contribution in [0.25, 0.3) is 0 Å². The summed E-state index contributed by atoms with van der Waals surface area (Å²) in [5.41, 5.74) is 7.49. The van der Waals surface area contributed by atoms with Crippen LogP contribution in [0.3, 0.4) is 0 Å². The summed E-state index contributed by atoms with van der Waals surface area (Å²) >= 11 is 5.04. The van der Waals surface area contributed by atoms with Gasteiger partial charge in [0.25, 0.3) is 0 Å². The number of nitrogens with two attached hydrogens (primary N) is 1. The maximum atomic E-state index is 5.70. The highest BCUT2D eigenvalue weighted by Crippen LogP contribution is 2.13. The first-order valence-electron chi connectivity index (χ1n) is 6.82. The molecule has 4 nitrogen and oxygen atoms in total. The Bertz CT molecular complexity index is 416. The van der Waals surface area contributed by atoms with Crippen LogP contribution in [0.15, 0.2) is 12.1 Å². The Kier molecular flexibility index (Phi) is 6.73. The van der Waals surface area contributed by atoms with Crippen LogP contribution in [-0.4, -0.2) is 41.1 Å². The van der Waals surface area contributed by atoms with E-state index in [1.165, 1.54) is 0 Å². The van der Waals surface area contributed by atoms with Gasteiger partial charge in [-0.25, -0.2) is 4.98 Å². The molecule has 1 aromatic heterocycles. The molecule has 1 heterocycles. The van der Waals surface area contributed by atoms with Crippen molar-refractivity contribution in [1.82, 2.24) is 9.88 Å². The van der Waals surface area contributed by atoms with Crippen LogP contribution in [0.1, 0.15) is 31.5 Å². The lowest BCUT2D eigenvalue weighted by molar-refractivity contribution is 0.303. The highest BCUT2D eigenvalue weighted by Gasteiger charge is 2.06. The van der Waals surface area contributed by atoms with Crippen molar-refractivity contribution in [3.05, 3.63) is 23.4 Å². The number of nitrogens with one attached hydrogen (secondary N) is 1. The summed E-state index contributed by atoms with van der Waals surface area (Å²) in [6, 6.07) is 3.85. The molecule has 0 aliphatic carbocycles. The van der Waals surface area contributed by atoms with Crippen molar-refractivity contribution in [2.75, 3.05) is 31.5 Å². The topological polar surface area (TPSA) is 54.2 Å². The number of rotatable bonds is 8. The average Bonchev–Trinajstić information content (AvgIpc) is 2.38. The van der Waals surface area contributed by atoms with Gasteiger partial charge in [-0.05, 0) is 45.1 Å². The van der Waals surface area contributed by atoms with E-state index in [4.69, 9.17) is 18.0 Å². The van der Waals surface area contributed by atoms with Gasteiger partial charge in [0.1, 0.15) is 10.8 Å². The number of aromatic nitrogens is 1. The molecule has 0 aliphatic rings. The van der Waals surface area contributed by atoms with Crippen LogP contribution in [0.4, 0.5) is 5.82 Å². The molecule has 0 amide bonds. The molecule has 1 aromatic rings. The maximum Gasteiger partial charge on any atom is 0.136 e. The molecular weight excluding hydrogens is 256 g/mol. The van der Waals surface area contributed by atoms with Gasteiger partial charge in [-0.3, -0.25) is 0 Å². The molecule has 0 unspecified atom stereocenters. The Labute approximate surface area is 121 Å². The largest absolute Gasteiger partial charge is 0.389 e. The summed E-state index contributed by atoms with van der Waals surface area (Å²) in [7, 11) is 0. The van der Waals surface area contributed by atoms with Crippen LogP contribution >= 0.6 is 12.2 Å².